The van der Waals surface area contributed by atoms with Crippen molar-refractivity contribution < 1.29 is 4.74 Å². The van der Waals surface area contributed by atoms with Crippen molar-refractivity contribution in [2.24, 2.45) is 5.92 Å². The first-order valence-electron chi connectivity index (χ1n) is 7.09. The van der Waals surface area contributed by atoms with E-state index in [2.05, 4.69) is 35.7 Å². The molecule has 2 heteroatoms. The van der Waals surface area contributed by atoms with Gasteiger partial charge in [-0.2, -0.15) is 0 Å². The topological polar surface area (TPSA) is 21.3 Å². The van der Waals surface area contributed by atoms with E-state index in [9.17, 15) is 0 Å². The van der Waals surface area contributed by atoms with Crippen molar-refractivity contribution in [2.75, 3.05) is 6.54 Å². The summed E-state index contributed by atoms with van der Waals surface area (Å²) < 4.78 is 6.30. The highest BCUT2D eigenvalue weighted by atomic mass is 16.5. The van der Waals surface area contributed by atoms with Crippen molar-refractivity contribution in [3.8, 4) is 5.75 Å². The molecular weight excluding hydrogens is 222 g/mol. The lowest BCUT2D eigenvalue weighted by molar-refractivity contribution is 0.0565. The van der Waals surface area contributed by atoms with E-state index in [4.69, 9.17) is 4.74 Å². The van der Waals surface area contributed by atoms with Gasteiger partial charge in [0.05, 0.1) is 0 Å². The maximum absolute atomic E-state index is 6.30. The molecule has 2 aliphatic carbocycles. The maximum atomic E-state index is 6.30. The lowest BCUT2D eigenvalue weighted by Gasteiger charge is -2.53. The first-order chi connectivity index (χ1) is 8.89. The molecule has 4 atom stereocenters. The van der Waals surface area contributed by atoms with E-state index in [-0.39, 0.29) is 5.41 Å². The zero-order valence-electron chi connectivity index (χ0n) is 10.4. The molecular formula is C16H17NO. The Kier molecular flexibility index (Phi) is 1.60. The highest BCUT2D eigenvalue weighted by molar-refractivity contribution is 5.55. The van der Waals surface area contributed by atoms with E-state index in [0.29, 0.717) is 18.1 Å². The second-order valence-electron chi connectivity index (χ2n) is 6.14. The number of hydrogen-bond acceptors (Lipinski definition) is 2. The van der Waals surface area contributed by atoms with Crippen LogP contribution in [0.3, 0.4) is 0 Å². The van der Waals surface area contributed by atoms with Crippen LogP contribution in [0.1, 0.15) is 24.0 Å². The molecule has 2 heterocycles. The first-order valence-corrected chi connectivity index (χ1v) is 7.09. The molecule has 1 spiro atoms. The molecule has 18 heavy (non-hydrogen) atoms. The van der Waals surface area contributed by atoms with Gasteiger partial charge in [0.25, 0.3) is 0 Å². The summed E-state index contributed by atoms with van der Waals surface area (Å²) in [5, 5.41) is 3.72. The number of benzene rings is 1. The zero-order valence-corrected chi connectivity index (χ0v) is 10.4. The van der Waals surface area contributed by atoms with Crippen molar-refractivity contribution in [3.05, 3.63) is 41.5 Å². The summed E-state index contributed by atoms with van der Waals surface area (Å²) in [5.74, 6) is 1.81. The quantitative estimate of drug-likeness (QED) is 0.701. The van der Waals surface area contributed by atoms with Gasteiger partial charge in [-0.15, -0.1) is 0 Å². The Morgan fingerprint density at radius 2 is 2.33 bits per heavy atom. The van der Waals surface area contributed by atoms with Gasteiger partial charge < -0.3 is 10.1 Å². The van der Waals surface area contributed by atoms with Gasteiger partial charge in [0.1, 0.15) is 11.9 Å². The Labute approximate surface area is 107 Å². The van der Waals surface area contributed by atoms with Gasteiger partial charge in [0, 0.05) is 29.4 Å². The molecule has 1 aromatic carbocycles. The standard InChI is InChI=1S/C16H17NO/c1-3-10-9-12-11-4-2-6-14-16(11,7-8-17-12)15(10)13(5-1)18-14/h1-5,11-12,14,17H,6-9H2/t11?,12-,14?,16-/m1/s1. The average molecular weight is 239 g/mol. The van der Waals surface area contributed by atoms with Gasteiger partial charge in [0.2, 0.25) is 0 Å². The van der Waals surface area contributed by atoms with Gasteiger partial charge in [-0.05, 0) is 31.0 Å². The summed E-state index contributed by atoms with van der Waals surface area (Å²) in [7, 11) is 0. The molecule has 1 aromatic rings. The van der Waals surface area contributed by atoms with E-state index in [1.807, 2.05) is 0 Å². The third kappa shape index (κ3) is 0.892. The van der Waals surface area contributed by atoms with Crippen LogP contribution < -0.4 is 10.1 Å². The van der Waals surface area contributed by atoms with Crippen molar-refractivity contribution in [3.63, 3.8) is 0 Å². The number of piperidine rings is 1. The summed E-state index contributed by atoms with van der Waals surface area (Å²) in [6.07, 6.45) is 8.65. The molecule has 5 rings (SSSR count). The van der Waals surface area contributed by atoms with Crippen LogP contribution in [0.2, 0.25) is 0 Å². The Balaban J connectivity index is 1.86. The highest BCUT2D eigenvalue weighted by Gasteiger charge is 2.60. The third-order valence-electron chi connectivity index (χ3n) is 5.53. The summed E-state index contributed by atoms with van der Waals surface area (Å²) in [6, 6.07) is 7.25. The third-order valence-corrected chi connectivity index (χ3v) is 5.53. The van der Waals surface area contributed by atoms with Crippen LogP contribution in [-0.2, 0) is 11.8 Å². The summed E-state index contributed by atoms with van der Waals surface area (Å²) in [5.41, 5.74) is 3.37. The molecule has 92 valence electrons. The fourth-order valence-electron chi connectivity index (χ4n) is 4.93. The molecule has 1 fully saturated rings. The number of nitrogens with one attached hydrogen (secondary N) is 1. The molecule has 0 amide bonds. The molecule has 2 unspecified atom stereocenters. The minimum absolute atomic E-state index is 0.287. The molecule has 0 saturated carbocycles. The minimum Gasteiger partial charge on any atom is -0.489 e. The van der Waals surface area contributed by atoms with Crippen molar-refractivity contribution in [1.29, 1.82) is 0 Å². The Hall–Kier alpha value is -1.28. The van der Waals surface area contributed by atoms with Gasteiger partial charge in [-0.3, -0.25) is 0 Å². The molecule has 2 nitrogen and oxygen atoms in total. The molecule has 0 radical (unpaired) electrons. The van der Waals surface area contributed by atoms with Crippen LogP contribution in [0.5, 0.6) is 5.75 Å². The smallest absolute Gasteiger partial charge is 0.123 e. The van der Waals surface area contributed by atoms with Crippen LogP contribution in [0.15, 0.2) is 30.4 Å². The minimum atomic E-state index is 0.287. The average Bonchev–Trinajstić information content (AvgIpc) is 2.70. The summed E-state index contributed by atoms with van der Waals surface area (Å²) in [4.78, 5) is 0. The monoisotopic (exact) mass is 239 g/mol. The molecule has 1 N–H and O–H groups in total. The van der Waals surface area contributed by atoms with Gasteiger partial charge >= 0.3 is 0 Å². The summed E-state index contributed by atoms with van der Waals surface area (Å²) in [6.45, 7) is 1.14. The van der Waals surface area contributed by atoms with Crippen molar-refractivity contribution >= 4 is 0 Å². The van der Waals surface area contributed by atoms with Crippen LogP contribution >= 0.6 is 0 Å². The van der Waals surface area contributed by atoms with E-state index in [1.165, 1.54) is 17.7 Å². The molecule has 2 aliphatic heterocycles. The van der Waals surface area contributed by atoms with Gasteiger partial charge in [-0.25, -0.2) is 0 Å². The normalized spacial score (nSPS) is 42.3. The largest absolute Gasteiger partial charge is 0.489 e. The van der Waals surface area contributed by atoms with Crippen LogP contribution in [0.25, 0.3) is 0 Å². The molecule has 4 aliphatic rings. The van der Waals surface area contributed by atoms with Crippen LogP contribution in [0, 0.1) is 5.92 Å². The van der Waals surface area contributed by atoms with Crippen LogP contribution in [-0.4, -0.2) is 18.7 Å². The predicted molar refractivity (Wildman–Crippen MR) is 69.9 cm³/mol. The SMILES string of the molecule is C1=CC2[C@H]3Cc4cccc5c4[C@@]2(CCN3)C(C1)O5. The number of ether oxygens (including phenoxy) is 1. The molecule has 1 saturated heterocycles. The van der Waals surface area contributed by atoms with Crippen molar-refractivity contribution in [2.45, 2.75) is 36.8 Å². The van der Waals surface area contributed by atoms with E-state index >= 15 is 0 Å². The second-order valence-corrected chi connectivity index (χ2v) is 6.14. The summed E-state index contributed by atoms with van der Waals surface area (Å²) >= 11 is 0. The second kappa shape index (κ2) is 3.00. The fourth-order valence-corrected chi connectivity index (χ4v) is 4.93. The zero-order chi connectivity index (χ0) is 11.7. The van der Waals surface area contributed by atoms with Gasteiger partial charge in [-0.1, -0.05) is 24.3 Å². The molecule has 0 aromatic heterocycles. The molecule has 2 bridgehead atoms. The lowest BCUT2D eigenvalue weighted by atomic mass is 9.54. The first kappa shape index (κ1) is 9.62. The maximum Gasteiger partial charge on any atom is 0.123 e. The Morgan fingerprint density at radius 1 is 1.33 bits per heavy atom. The van der Waals surface area contributed by atoms with Crippen molar-refractivity contribution in [1.82, 2.24) is 5.32 Å². The number of rotatable bonds is 0. The van der Waals surface area contributed by atoms with E-state index in [0.717, 1.165) is 19.4 Å². The van der Waals surface area contributed by atoms with Crippen LogP contribution in [0.4, 0.5) is 0 Å². The lowest BCUT2D eigenvalue weighted by Crippen LogP contribution is -2.62. The van der Waals surface area contributed by atoms with Gasteiger partial charge in [0.15, 0.2) is 0 Å². The van der Waals surface area contributed by atoms with E-state index < -0.39 is 0 Å². The van der Waals surface area contributed by atoms with E-state index in [1.54, 1.807) is 5.56 Å². The highest BCUT2D eigenvalue weighted by Crippen LogP contribution is 2.59. The Morgan fingerprint density at radius 3 is 3.33 bits per heavy atom. The Bertz CT molecular complexity index is 564. The number of hydrogen-bond donors (Lipinski definition) is 1. The fraction of sp³-hybridized carbons (Fsp3) is 0.500. The predicted octanol–water partition coefficient (Wildman–Crippen LogP) is 2.18.